The minimum atomic E-state index is -4.64. The summed E-state index contributed by atoms with van der Waals surface area (Å²) in [5.41, 5.74) is 7.56. The molecule has 9 nitrogen and oxygen atoms in total. The van der Waals surface area contributed by atoms with Crippen LogP contribution in [-0.2, 0) is 28.9 Å². The number of ketones is 2. The first-order valence-corrected chi connectivity index (χ1v) is 18.0. The van der Waals surface area contributed by atoms with E-state index in [1.54, 1.807) is 12.3 Å². The molecule has 3 aliphatic rings. The summed E-state index contributed by atoms with van der Waals surface area (Å²) in [6.07, 6.45) is 3.31. The van der Waals surface area contributed by atoms with Crippen LogP contribution in [0.2, 0.25) is 0 Å². The summed E-state index contributed by atoms with van der Waals surface area (Å²) in [6, 6.07) is 13.9. The number of hydrogen-bond donors (Lipinski definition) is 3. The number of aromatic amines is 1. The second-order valence-electron chi connectivity index (χ2n) is 15.4. The fourth-order valence-electron chi connectivity index (χ4n) is 7.21. The van der Waals surface area contributed by atoms with E-state index in [9.17, 15) is 37.9 Å². The molecule has 0 spiro atoms. The van der Waals surface area contributed by atoms with Crippen molar-refractivity contribution >= 4 is 23.0 Å². The van der Waals surface area contributed by atoms with E-state index in [1.807, 2.05) is 18.2 Å². The van der Waals surface area contributed by atoms with Crippen molar-refractivity contribution in [3.63, 3.8) is 0 Å². The van der Waals surface area contributed by atoms with Crippen LogP contribution in [0.5, 0.6) is 0 Å². The van der Waals surface area contributed by atoms with Gasteiger partial charge in [-0.25, -0.2) is 4.99 Å². The van der Waals surface area contributed by atoms with Crippen LogP contribution in [0.1, 0.15) is 93.8 Å². The molecule has 3 aromatic rings. The molecule has 0 amide bonds. The summed E-state index contributed by atoms with van der Waals surface area (Å²) >= 11 is 0. The first-order valence-electron chi connectivity index (χ1n) is 18.0. The van der Waals surface area contributed by atoms with Crippen LogP contribution >= 0.6 is 0 Å². The Kier molecular flexibility index (Phi) is 12.0. The van der Waals surface area contributed by atoms with Crippen molar-refractivity contribution in [2.75, 3.05) is 19.6 Å². The fraction of sp³-hybridized carbons (Fsp3) is 0.500. The third-order valence-corrected chi connectivity index (χ3v) is 10.7. The van der Waals surface area contributed by atoms with Crippen molar-refractivity contribution in [1.82, 2.24) is 9.97 Å². The number of Topliss-reactive ketones (excluding diaryl/α,β-unsaturated/α-hetero) is 2. The zero-order chi connectivity index (χ0) is 37.8. The van der Waals surface area contributed by atoms with Crippen LogP contribution in [-0.4, -0.2) is 64.3 Å². The minimum absolute atomic E-state index is 0.0243. The van der Waals surface area contributed by atoms with Gasteiger partial charge in [-0.15, -0.1) is 0 Å². The lowest BCUT2D eigenvalue weighted by atomic mass is 9.71. The van der Waals surface area contributed by atoms with Gasteiger partial charge in [0.05, 0.1) is 42.8 Å². The first kappa shape index (κ1) is 38.8. The van der Waals surface area contributed by atoms with Gasteiger partial charge < -0.3 is 15.0 Å². The number of nitrogens with one attached hydrogen (secondary N) is 2. The summed E-state index contributed by atoms with van der Waals surface area (Å²) in [7, 11) is 0. The highest BCUT2D eigenvalue weighted by Gasteiger charge is 2.34. The van der Waals surface area contributed by atoms with Gasteiger partial charge in [-0.3, -0.25) is 19.4 Å². The number of aliphatic imine (C=N–C) groups is 1. The van der Waals surface area contributed by atoms with Gasteiger partial charge in [0.15, 0.2) is 5.78 Å². The number of nitrogens with zero attached hydrogens (tertiary/aromatic N) is 3. The van der Waals surface area contributed by atoms with Gasteiger partial charge >= 0.3 is 6.18 Å². The molecule has 1 aliphatic carbocycles. The van der Waals surface area contributed by atoms with E-state index in [0.29, 0.717) is 31.4 Å². The lowest BCUT2D eigenvalue weighted by Crippen LogP contribution is -3.13. The number of benzene rings is 1. The van der Waals surface area contributed by atoms with E-state index in [0.717, 1.165) is 86.2 Å². The van der Waals surface area contributed by atoms with Crippen LogP contribution in [0.15, 0.2) is 52.4 Å². The molecule has 2 aromatic heterocycles. The van der Waals surface area contributed by atoms with Gasteiger partial charge in [-0.05, 0) is 70.9 Å². The standard InChI is InChI=1S/C37H43N5O3.C3H3F3O/c1-37(2,3)29-8-9-31-26(17-29)18-32-33(40-31)20-34(41-32)35(44)19-25(10-13-42-14-11-30(43)12-15-42)23-4-6-24(7-5-23)28-16-27(21-38)36(45)39-22-28;1-2(7)3(4,5)6/h4-7,16,18,22,25,29-30,43H,8-15,17,19-20H2,1-3H3,(H,39,45);1H3/p+1/t25-,29-;/m0./s1. The van der Waals surface area contributed by atoms with E-state index in [-0.39, 0.29) is 28.8 Å². The number of alkyl halides is 3. The summed E-state index contributed by atoms with van der Waals surface area (Å²) in [4.78, 5) is 49.0. The van der Waals surface area contributed by atoms with Crippen LogP contribution in [0, 0.1) is 22.7 Å². The molecule has 3 N–H and O–H groups in total. The number of aliphatic hydroxyl groups is 1. The molecule has 1 saturated heterocycles. The highest BCUT2D eigenvalue weighted by atomic mass is 19.4. The number of nitriles is 1. The molecule has 0 radical (unpaired) electrons. The fourth-order valence-corrected chi connectivity index (χ4v) is 7.21. The van der Waals surface area contributed by atoms with Crippen molar-refractivity contribution in [2.45, 2.75) is 97.3 Å². The minimum Gasteiger partial charge on any atom is -0.393 e. The second-order valence-corrected chi connectivity index (χ2v) is 15.4. The third kappa shape index (κ3) is 9.69. The molecular weight excluding hydrogens is 671 g/mol. The zero-order valence-corrected chi connectivity index (χ0v) is 30.2. The van der Waals surface area contributed by atoms with Crippen LogP contribution in [0.4, 0.5) is 18.9 Å². The van der Waals surface area contributed by atoms with Gasteiger partial charge in [-0.1, -0.05) is 45.0 Å². The number of fused-ring (bicyclic) bond motifs is 2. The quantitative estimate of drug-likeness (QED) is 0.285. The Labute approximate surface area is 302 Å². The highest BCUT2D eigenvalue weighted by molar-refractivity contribution is 6.41. The van der Waals surface area contributed by atoms with Crippen molar-refractivity contribution in [3.8, 4) is 17.2 Å². The molecule has 0 unspecified atom stereocenters. The molecule has 0 bridgehead atoms. The number of quaternary nitrogens is 1. The molecule has 4 heterocycles. The number of hydrogen-bond acceptors (Lipinski definition) is 7. The number of pyridine rings is 2. The molecule has 1 aromatic carbocycles. The molecule has 1 fully saturated rings. The lowest BCUT2D eigenvalue weighted by Gasteiger charge is -2.34. The maximum absolute atomic E-state index is 13.8. The van der Waals surface area contributed by atoms with Crippen molar-refractivity contribution < 1.29 is 32.8 Å². The Balaban J connectivity index is 0.000000679. The third-order valence-electron chi connectivity index (χ3n) is 10.7. The maximum atomic E-state index is 13.8. The van der Waals surface area contributed by atoms with Crippen molar-refractivity contribution in [1.29, 1.82) is 5.26 Å². The van der Waals surface area contributed by atoms with Gasteiger partial charge in [0.25, 0.3) is 5.56 Å². The van der Waals surface area contributed by atoms with Crippen LogP contribution < -0.4 is 10.5 Å². The predicted molar refractivity (Wildman–Crippen MR) is 192 cm³/mol. The summed E-state index contributed by atoms with van der Waals surface area (Å²) in [6.45, 7) is 10.3. The van der Waals surface area contributed by atoms with Crippen LogP contribution in [0.25, 0.3) is 11.1 Å². The Bertz CT molecular complexity index is 1910. The van der Waals surface area contributed by atoms with Gasteiger partial charge in [0.2, 0.25) is 5.78 Å². The molecule has 52 heavy (non-hydrogen) atoms. The average molecular weight is 719 g/mol. The molecule has 0 saturated carbocycles. The monoisotopic (exact) mass is 718 g/mol. The normalized spacial score (nSPS) is 20.4. The molecule has 2 aliphatic heterocycles. The van der Waals surface area contributed by atoms with Crippen LogP contribution in [0.3, 0.4) is 0 Å². The number of H-pyrrole nitrogens is 1. The number of rotatable bonds is 8. The number of aryl methyl sites for hydroxylation is 1. The molecule has 2 atom stereocenters. The van der Waals surface area contributed by atoms with E-state index < -0.39 is 17.5 Å². The van der Waals surface area contributed by atoms with E-state index >= 15 is 0 Å². The van der Waals surface area contributed by atoms with E-state index in [4.69, 9.17) is 9.98 Å². The Morgan fingerprint density at radius 3 is 2.35 bits per heavy atom. The lowest BCUT2D eigenvalue weighted by molar-refractivity contribution is -0.906. The van der Waals surface area contributed by atoms with E-state index in [2.05, 4.69) is 44.0 Å². The van der Waals surface area contributed by atoms with Crippen molar-refractivity contribution in [2.24, 2.45) is 16.3 Å². The SMILES string of the molecule is CC(=O)C(F)(F)F.CC(C)(C)[C@H]1CCc2nc3c(cc2C1)N=C(C(=O)C[C@H](CC[NH+]1CCC(O)CC1)c1ccc(-c2c[nH]c(=O)c(C#N)c2)cc1)C3. The first-order chi connectivity index (χ1) is 24.5. The van der Waals surface area contributed by atoms with Crippen molar-refractivity contribution in [3.05, 3.63) is 81.0 Å². The zero-order valence-electron chi connectivity index (χ0n) is 30.2. The highest BCUT2D eigenvalue weighted by Crippen LogP contribution is 2.39. The molecule has 6 rings (SSSR count). The molecule has 12 heteroatoms. The number of carbonyl (C=O) groups excluding carboxylic acids is 2. The number of likely N-dealkylation sites (tertiary alicyclic amines) is 1. The maximum Gasteiger partial charge on any atom is 0.449 e. The Morgan fingerprint density at radius 1 is 1.06 bits per heavy atom. The summed E-state index contributed by atoms with van der Waals surface area (Å²) < 4.78 is 32.5. The largest absolute Gasteiger partial charge is 0.449 e. The summed E-state index contributed by atoms with van der Waals surface area (Å²) in [5, 5.41) is 19.3. The number of aliphatic hydroxyl groups excluding tert-OH is 1. The van der Waals surface area contributed by atoms with Gasteiger partial charge in [0.1, 0.15) is 11.6 Å². The number of piperidine rings is 1. The topological polar surface area (TPSA) is 141 Å². The Hall–Kier alpha value is -4.47. The predicted octanol–water partition coefficient (Wildman–Crippen LogP) is 5.40. The van der Waals surface area contributed by atoms with Gasteiger partial charge in [-0.2, -0.15) is 18.4 Å². The van der Waals surface area contributed by atoms with Gasteiger partial charge in [0, 0.05) is 50.9 Å². The average Bonchev–Trinajstić information content (AvgIpc) is 3.52. The molecular formula is C40H47F3N5O4+. The summed E-state index contributed by atoms with van der Waals surface area (Å²) in [5.74, 6) is -1.04. The number of halogens is 3. The smallest absolute Gasteiger partial charge is 0.393 e. The number of carbonyl (C=O) groups is 2. The second kappa shape index (κ2) is 16.0. The van der Waals surface area contributed by atoms with E-state index in [1.165, 1.54) is 16.2 Å². The Morgan fingerprint density at radius 2 is 1.73 bits per heavy atom. The number of aromatic nitrogens is 2. The molecule has 276 valence electrons.